The summed E-state index contributed by atoms with van der Waals surface area (Å²) in [5.74, 6) is 0. The van der Waals surface area contributed by atoms with E-state index in [0.29, 0.717) is 0 Å². The zero-order valence-electron chi connectivity index (χ0n) is 11.0. The van der Waals surface area contributed by atoms with Crippen LogP contribution in [0.2, 0.25) is 0 Å². The number of nitrogens with zero attached hydrogens (tertiary/aromatic N) is 2. The second-order valence-electron chi connectivity index (χ2n) is 4.50. The van der Waals surface area contributed by atoms with Crippen molar-refractivity contribution in [3.05, 3.63) is 30.3 Å². The second kappa shape index (κ2) is 4.92. The van der Waals surface area contributed by atoms with E-state index in [-0.39, 0.29) is 18.4 Å². The van der Waals surface area contributed by atoms with Crippen LogP contribution in [0.15, 0.2) is 30.3 Å². The SMILES string of the molecule is CS(=O)(=O)N1CCN(S(C)(=O)=O)P1(=O)c1ccccc1. The Morgan fingerprint density at radius 1 is 0.900 bits per heavy atom. The summed E-state index contributed by atoms with van der Waals surface area (Å²) in [6.07, 6.45) is 1.85. The molecule has 1 aromatic rings. The Labute approximate surface area is 118 Å². The third-order valence-electron chi connectivity index (χ3n) is 2.95. The molecule has 0 radical (unpaired) electrons. The number of rotatable bonds is 3. The maximum atomic E-state index is 13.3. The standard InChI is InChI=1S/C10H15N2O5PS2/c1-19(14,15)11-8-9-12(20(2,16)17)18(11,13)10-6-4-3-5-7-10/h3-7H,8-9H2,1-2H3. The lowest BCUT2D eigenvalue weighted by Crippen LogP contribution is -2.33. The maximum absolute atomic E-state index is 13.3. The molecule has 1 saturated heterocycles. The monoisotopic (exact) mass is 338 g/mol. The number of hydrogen-bond donors (Lipinski definition) is 0. The summed E-state index contributed by atoms with van der Waals surface area (Å²) in [4.78, 5) is 0. The highest BCUT2D eigenvalue weighted by Gasteiger charge is 2.52. The van der Waals surface area contributed by atoms with E-state index in [2.05, 4.69) is 0 Å². The molecule has 1 fully saturated rings. The van der Waals surface area contributed by atoms with Gasteiger partial charge in [0.25, 0.3) is 7.44 Å². The second-order valence-corrected chi connectivity index (χ2v) is 11.4. The van der Waals surface area contributed by atoms with Crippen LogP contribution in [0.1, 0.15) is 0 Å². The molecule has 0 unspecified atom stereocenters. The highest BCUT2D eigenvalue weighted by atomic mass is 32.2. The zero-order valence-corrected chi connectivity index (χ0v) is 13.5. The quantitative estimate of drug-likeness (QED) is 0.726. The smallest absolute Gasteiger partial charge is 0.272 e. The van der Waals surface area contributed by atoms with E-state index in [1.807, 2.05) is 0 Å². The largest absolute Gasteiger partial charge is 0.282 e. The Bertz CT molecular complexity index is 716. The Balaban J connectivity index is 2.71. The van der Waals surface area contributed by atoms with Gasteiger partial charge in [-0.05, 0) is 12.1 Å². The minimum Gasteiger partial charge on any atom is -0.282 e. The molecule has 0 atom stereocenters. The predicted molar refractivity (Wildman–Crippen MR) is 76.8 cm³/mol. The first-order chi connectivity index (χ1) is 9.08. The summed E-state index contributed by atoms with van der Waals surface area (Å²) in [5, 5.41) is 0.188. The van der Waals surface area contributed by atoms with Crippen molar-refractivity contribution in [1.82, 2.24) is 8.15 Å². The summed E-state index contributed by atoms with van der Waals surface area (Å²) in [6, 6.07) is 7.81. The molecular formula is C10H15N2O5PS2. The molecule has 1 aromatic carbocycles. The van der Waals surface area contributed by atoms with Gasteiger partial charge in [-0.1, -0.05) is 18.2 Å². The van der Waals surface area contributed by atoms with E-state index >= 15 is 0 Å². The molecule has 1 aliphatic heterocycles. The first-order valence-corrected chi connectivity index (χ1v) is 11.0. The lowest BCUT2D eigenvalue weighted by Gasteiger charge is -2.27. The van der Waals surface area contributed by atoms with Crippen LogP contribution in [0.25, 0.3) is 0 Å². The summed E-state index contributed by atoms with van der Waals surface area (Å²) in [5.41, 5.74) is 0. The predicted octanol–water partition coefficient (Wildman–Crippen LogP) is 0.0418. The van der Waals surface area contributed by atoms with Crippen LogP contribution in [-0.2, 0) is 24.6 Å². The van der Waals surface area contributed by atoms with E-state index in [4.69, 9.17) is 0 Å². The van der Waals surface area contributed by atoms with E-state index in [9.17, 15) is 21.4 Å². The van der Waals surface area contributed by atoms with Crippen LogP contribution in [0.4, 0.5) is 0 Å². The van der Waals surface area contributed by atoms with Crippen LogP contribution in [0, 0.1) is 0 Å². The van der Waals surface area contributed by atoms with Gasteiger partial charge in [0.2, 0.25) is 20.0 Å². The van der Waals surface area contributed by atoms with Crippen LogP contribution < -0.4 is 5.30 Å². The molecule has 0 bridgehead atoms. The summed E-state index contributed by atoms with van der Waals surface area (Å²) < 4.78 is 62.1. The first-order valence-electron chi connectivity index (χ1n) is 5.70. The fourth-order valence-electron chi connectivity index (χ4n) is 2.17. The number of benzene rings is 1. The molecule has 0 spiro atoms. The Morgan fingerprint density at radius 2 is 1.30 bits per heavy atom. The van der Waals surface area contributed by atoms with E-state index in [0.717, 1.165) is 20.7 Å². The molecular weight excluding hydrogens is 323 g/mol. The maximum Gasteiger partial charge on any atom is 0.272 e. The minimum atomic E-state index is -3.90. The highest BCUT2D eigenvalue weighted by Crippen LogP contribution is 2.58. The molecule has 1 heterocycles. The van der Waals surface area contributed by atoms with Crippen molar-refractivity contribution in [2.24, 2.45) is 0 Å². The molecule has 0 aliphatic carbocycles. The summed E-state index contributed by atoms with van der Waals surface area (Å²) in [6.45, 7) is -0.226. The summed E-state index contributed by atoms with van der Waals surface area (Å²) >= 11 is 0. The van der Waals surface area contributed by atoms with Gasteiger partial charge in [-0.3, -0.25) is 4.57 Å². The van der Waals surface area contributed by atoms with Gasteiger partial charge < -0.3 is 0 Å². The van der Waals surface area contributed by atoms with Gasteiger partial charge in [0.15, 0.2) is 0 Å². The van der Waals surface area contributed by atoms with Gasteiger partial charge in [0, 0.05) is 18.4 Å². The van der Waals surface area contributed by atoms with Crippen molar-refractivity contribution < 1.29 is 21.4 Å². The molecule has 1 aliphatic rings. The summed E-state index contributed by atoms with van der Waals surface area (Å²) in [7, 11) is -11.5. The Morgan fingerprint density at radius 3 is 1.65 bits per heavy atom. The molecule has 2 rings (SSSR count). The average Bonchev–Trinajstić information content (AvgIpc) is 2.69. The molecule has 20 heavy (non-hydrogen) atoms. The van der Waals surface area contributed by atoms with E-state index < -0.39 is 27.5 Å². The molecule has 7 nitrogen and oxygen atoms in total. The van der Waals surface area contributed by atoms with Crippen molar-refractivity contribution in [1.29, 1.82) is 0 Å². The highest BCUT2D eigenvalue weighted by molar-refractivity contribution is 8.01. The van der Waals surface area contributed by atoms with Gasteiger partial charge in [-0.15, -0.1) is 8.15 Å². The van der Waals surface area contributed by atoms with Crippen LogP contribution in [0.5, 0.6) is 0 Å². The van der Waals surface area contributed by atoms with E-state index in [1.165, 1.54) is 12.1 Å². The van der Waals surface area contributed by atoms with Gasteiger partial charge >= 0.3 is 0 Å². The third-order valence-corrected chi connectivity index (χ3v) is 10.5. The van der Waals surface area contributed by atoms with Crippen LogP contribution in [0.3, 0.4) is 0 Å². The molecule has 0 N–H and O–H groups in total. The number of hydrogen-bond acceptors (Lipinski definition) is 5. The lowest BCUT2D eigenvalue weighted by molar-refractivity contribution is 0.518. The first kappa shape index (κ1) is 15.7. The Kier molecular flexibility index (Phi) is 3.85. The third kappa shape index (κ3) is 2.56. The van der Waals surface area contributed by atoms with Crippen molar-refractivity contribution in [2.75, 3.05) is 25.6 Å². The normalized spacial score (nSPS) is 21.1. The molecule has 112 valence electrons. The molecule has 10 heteroatoms. The zero-order chi connectivity index (χ0) is 15.2. The Hall–Kier alpha value is -0.730. The van der Waals surface area contributed by atoms with Gasteiger partial charge in [0.1, 0.15) is 0 Å². The van der Waals surface area contributed by atoms with Crippen molar-refractivity contribution in [3.63, 3.8) is 0 Å². The van der Waals surface area contributed by atoms with Gasteiger partial charge in [-0.25, -0.2) is 16.8 Å². The van der Waals surface area contributed by atoms with E-state index in [1.54, 1.807) is 18.2 Å². The van der Waals surface area contributed by atoms with Gasteiger partial charge in [0.05, 0.1) is 12.5 Å². The average molecular weight is 338 g/mol. The molecule has 0 saturated carbocycles. The minimum absolute atomic E-state index is 0.113. The van der Waals surface area contributed by atoms with Crippen LogP contribution in [-0.4, -0.2) is 50.6 Å². The lowest BCUT2D eigenvalue weighted by atomic mass is 10.4. The van der Waals surface area contributed by atoms with Crippen molar-refractivity contribution >= 4 is 32.8 Å². The van der Waals surface area contributed by atoms with Gasteiger partial charge in [-0.2, -0.15) is 0 Å². The van der Waals surface area contributed by atoms with Crippen molar-refractivity contribution in [2.45, 2.75) is 0 Å². The molecule has 0 aromatic heterocycles. The van der Waals surface area contributed by atoms with Crippen LogP contribution >= 0.6 is 7.44 Å². The fraction of sp³-hybridized carbons (Fsp3) is 0.400. The molecule has 0 amide bonds. The topological polar surface area (TPSA) is 91.8 Å². The fourth-order valence-corrected chi connectivity index (χ4v) is 9.46. The number of sulfonamides is 2. The van der Waals surface area contributed by atoms with Crippen molar-refractivity contribution in [3.8, 4) is 0 Å².